The summed E-state index contributed by atoms with van der Waals surface area (Å²) in [6, 6.07) is 8.06. The Balaban J connectivity index is 1.67. The lowest BCUT2D eigenvalue weighted by Crippen LogP contribution is -2.51. The number of β-amino-alcohol motifs (C(OH)–C–C–N with tert-alkyl or cyclic N) is 2. The number of likely N-dealkylation sites (tertiary alicyclic amines) is 1. The van der Waals surface area contributed by atoms with E-state index in [1.165, 1.54) is 0 Å². The Morgan fingerprint density at radius 2 is 2.22 bits per heavy atom. The molecule has 0 unspecified atom stereocenters. The van der Waals surface area contributed by atoms with E-state index < -0.39 is 21.7 Å². The first kappa shape index (κ1) is 16.4. The van der Waals surface area contributed by atoms with Crippen LogP contribution in [0.5, 0.6) is 0 Å². The van der Waals surface area contributed by atoms with Gasteiger partial charge in [0.2, 0.25) is 10.0 Å². The number of aliphatic hydroxyl groups excluding tert-OH is 1. The number of aliphatic hydroxyl groups is 2. The van der Waals surface area contributed by atoms with Crippen molar-refractivity contribution in [1.82, 2.24) is 14.6 Å². The van der Waals surface area contributed by atoms with Crippen molar-refractivity contribution in [2.24, 2.45) is 0 Å². The second kappa shape index (κ2) is 5.88. The average molecular weight is 339 g/mol. The van der Waals surface area contributed by atoms with Crippen LogP contribution in [0.4, 0.5) is 0 Å². The zero-order valence-electron chi connectivity index (χ0n) is 12.9. The maximum Gasteiger partial charge on any atom is 0.208 e. The molecule has 0 radical (unpaired) electrons. The third-order valence-corrected chi connectivity index (χ3v) is 4.88. The summed E-state index contributed by atoms with van der Waals surface area (Å²) in [5.74, 6) is 0. The van der Waals surface area contributed by atoms with Crippen LogP contribution in [0.3, 0.4) is 0 Å². The number of rotatable bonds is 5. The number of fused-ring (bicyclic) bond motifs is 1. The molecule has 1 aromatic heterocycles. The number of aromatic nitrogens is 1. The van der Waals surface area contributed by atoms with Crippen molar-refractivity contribution < 1.29 is 18.6 Å². The highest BCUT2D eigenvalue weighted by molar-refractivity contribution is 7.88. The van der Waals surface area contributed by atoms with E-state index in [9.17, 15) is 18.6 Å². The summed E-state index contributed by atoms with van der Waals surface area (Å²) in [6.07, 6.45) is 1.91. The molecule has 1 saturated heterocycles. The number of nitrogens with one attached hydrogen (secondary N) is 2. The van der Waals surface area contributed by atoms with Crippen molar-refractivity contribution in [3.05, 3.63) is 36.0 Å². The van der Waals surface area contributed by atoms with Crippen LogP contribution in [0, 0.1) is 0 Å². The number of H-pyrrole nitrogens is 1. The Bertz CT molecular complexity index is 804. The molecule has 0 saturated carbocycles. The molecule has 1 aromatic carbocycles. The average Bonchev–Trinajstić information content (AvgIpc) is 3.01. The first-order valence-electron chi connectivity index (χ1n) is 7.39. The number of hydrogen-bond acceptors (Lipinski definition) is 5. The molecule has 8 heteroatoms. The second-order valence-corrected chi connectivity index (χ2v) is 8.11. The predicted octanol–water partition coefficient (Wildman–Crippen LogP) is -0.375. The topological polar surface area (TPSA) is 106 Å². The second-order valence-electron chi connectivity index (χ2n) is 6.28. The Kier molecular flexibility index (Phi) is 4.19. The molecule has 3 rings (SSSR count). The highest BCUT2D eigenvalue weighted by atomic mass is 32.2. The van der Waals surface area contributed by atoms with Gasteiger partial charge in [-0.15, -0.1) is 0 Å². The molecule has 0 amide bonds. The third-order valence-electron chi connectivity index (χ3n) is 4.21. The summed E-state index contributed by atoms with van der Waals surface area (Å²) in [6.45, 7) is 0.885. The maximum absolute atomic E-state index is 11.2. The smallest absolute Gasteiger partial charge is 0.208 e. The largest absolute Gasteiger partial charge is 0.389 e. The molecule has 0 spiro atoms. The van der Waals surface area contributed by atoms with E-state index in [1.54, 1.807) is 0 Å². The van der Waals surface area contributed by atoms with Crippen LogP contribution in [0.2, 0.25) is 0 Å². The minimum absolute atomic E-state index is 0.195. The summed E-state index contributed by atoms with van der Waals surface area (Å²) in [5, 5.41) is 21.7. The quantitative estimate of drug-likeness (QED) is 0.595. The van der Waals surface area contributed by atoms with Gasteiger partial charge in [-0.05, 0) is 23.1 Å². The molecule has 2 aromatic rings. The molecular weight excluding hydrogens is 318 g/mol. The minimum atomic E-state index is -3.41. The van der Waals surface area contributed by atoms with Crippen LogP contribution >= 0.6 is 0 Å². The molecule has 0 aliphatic carbocycles. The summed E-state index contributed by atoms with van der Waals surface area (Å²) in [4.78, 5) is 5.07. The zero-order chi connectivity index (χ0) is 16.7. The Morgan fingerprint density at radius 3 is 2.96 bits per heavy atom. The van der Waals surface area contributed by atoms with Crippen molar-refractivity contribution in [3.8, 4) is 0 Å². The Labute approximate surface area is 135 Å². The molecule has 7 nitrogen and oxygen atoms in total. The van der Waals surface area contributed by atoms with E-state index in [-0.39, 0.29) is 13.1 Å². The van der Waals surface area contributed by atoms with Crippen molar-refractivity contribution in [1.29, 1.82) is 0 Å². The zero-order valence-corrected chi connectivity index (χ0v) is 13.7. The van der Waals surface area contributed by atoms with E-state index >= 15 is 0 Å². The maximum atomic E-state index is 11.2. The Hall–Kier alpha value is -1.45. The number of sulfonamides is 1. The van der Waals surface area contributed by atoms with E-state index in [1.807, 2.05) is 35.4 Å². The molecule has 2 atom stereocenters. The van der Waals surface area contributed by atoms with Crippen molar-refractivity contribution in [2.75, 3.05) is 25.9 Å². The van der Waals surface area contributed by atoms with E-state index in [4.69, 9.17) is 0 Å². The van der Waals surface area contributed by atoms with E-state index in [2.05, 4.69) is 9.71 Å². The van der Waals surface area contributed by atoms with Gasteiger partial charge in [-0.2, -0.15) is 0 Å². The van der Waals surface area contributed by atoms with Crippen LogP contribution in [-0.2, 0) is 16.6 Å². The first-order valence-corrected chi connectivity index (χ1v) is 9.28. The van der Waals surface area contributed by atoms with Crippen molar-refractivity contribution in [2.45, 2.75) is 18.2 Å². The highest BCUT2D eigenvalue weighted by Gasteiger charge is 2.44. The van der Waals surface area contributed by atoms with Crippen molar-refractivity contribution in [3.63, 3.8) is 0 Å². The van der Waals surface area contributed by atoms with Gasteiger partial charge in [0, 0.05) is 37.9 Å². The van der Waals surface area contributed by atoms with Crippen LogP contribution in [0.15, 0.2) is 30.5 Å². The van der Waals surface area contributed by atoms with Gasteiger partial charge in [0.05, 0.1) is 12.4 Å². The normalized spacial score (nSPS) is 26.1. The fourth-order valence-corrected chi connectivity index (χ4v) is 3.49. The van der Waals surface area contributed by atoms with Crippen LogP contribution in [0.1, 0.15) is 5.56 Å². The summed E-state index contributed by atoms with van der Waals surface area (Å²) in [7, 11) is -3.41. The molecular formula is C15H21N3O4S. The lowest BCUT2D eigenvalue weighted by molar-refractivity contribution is -0.0354. The fraction of sp³-hybridized carbons (Fsp3) is 0.467. The van der Waals surface area contributed by atoms with Gasteiger partial charge in [0.1, 0.15) is 5.60 Å². The molecule has 0 bridgehead atoms. The first-order chi connectivity index (χ1) is 10.8. The molecule has 23 heavy (non-hydrogen) atoms. The molecule has 1 aliphatic rings. The number of hydrogen-bond donors (Lipinski definition) is 4. The van der Waals surface area contributed by atoms with Crippen LogP contribution in [-0.4, -0.2) is 66.1 Å². The van der Waals surface area contributed by atoms with E-state index in [0.717, 1.165) is 22.7 Å². The summed E-state index contributed by atoms with van der Waals surface area (Å²) < 4.78 is 24.6. The van der Waals surface area contributed by atoms with Crippen molar-refractivity contribution >= 4 is 20.9 Å². The molecule has 1 fully saturated rings. The van der Waals surface area contributed by atoms with Gasteiger partial charge in [0.15, 0.2) is 0 Å². The van der Waals surface area contributed by atoms with Gasteiger partial charge >= 0.3 is 0 Å². The van der Waals surface area contributed by atoms with Gasteiger partial charge in [-0.1, -0.05) is 12.1 Å². The van der Waals surface area contributed by atoms with Gasteiger partial charge in [0.25, 0.3) is 0 Å². The third kappa shape index (κ3) is 3.73. The minimum Gasteiger partial charge on any atom is -0.389 e. The van der Waals surface area contributed by atoms with Crippen LogP contribution in [0.25, 0.3) is 10.9 Å². The van der Waals surface area contributed by atoms with Gasteiger partial charge < -0.3 is 15.2 Å². The fourth-order valence-electron chi connectivity index (χ4n) is 2.97. The summed E-state index contributed by atoms with van der Waals surface area (Å²) >= 11 is 0. The standard InChI is InChI=1S/C15H21N3O4S/c1-23(21,22)17-9-15(20)10-18(8-14(15)19)7-11-2-3-12-4-5-16-13(12)6-11/h2-6,14,16-17,19-20H,7-10H2,1H3/t14-,15+/m1/s1. The molecule has 126 valence electrons. The monoisotopic (exact) mass is 339 g/mol. The number of nitrogens with zero attached hydrogens (tertiary/aromatic N) is 1. The van der Waals surface area contributed by atoms with Crippen LogP contribution < -0.4 is 4.72 Å². The van der Waals surface area contributed by atoms with E-state index in [0.29, 0.717) is 13.1 Å². The number of benzene rings is 1. The number of aromatic amines is 1. The SMILES string of the molecule is CS(=O)(=O)NC[C@]1(O)CN(Cc2ccc3cc[nH]c3c2)C[C@H]1O. The predicted molar refractivity (Wildman–Crippen MR) is 87.4 cm³/mol. The molecule has 1 aliphatic heterocycles. The lowest BCUT2D eigenvalue weighted by Gasteiger charge is -2.25. The molecule has 2 heterocycles. The lowest BCUT2D eigenvalue weighted by atomic mass is 10.0. The summed E-state index contributed by atoms with van der Waals surface area (Å²) in [5.41, 5.74) is 0.628. The Morgan fingerprint density at radius 1 is 1.43 bits per heavy atom. The molecule has 4 N–H and O–H groups in total. The van der Waals surface area contributed by atoms with Gasteiger partial charge in [-0.3, -0.25) is 4.90 Å². The highest BCUT2D eigenvalue weighted by Crippen LogP contribution is 2.24. The van der Waals surface area contributed by atoms with Gasteiger partial charge in [-0.25, -0.2) is 13.1 Å².